The molecule has 4 heterocycles. The first-order valence-electron chi connectivity index (χ1n) is 10.3. The Morgan fingerprint density at radius 3 is 2.85 bits per heavy atom. The Kier molecular flexibility index (Phi) is 5.93. The third-order valence-electron chi connectivity index (χ3n) is 5.45. The van der Waals surface area contributed by atoms with Gasteiger partial charge in [-0.2, -0.15) is 10.4 Å². The minimum Gasteiger partial charge on any atom is -0.394 e. The number of nitriles is 1. The smallest absolute Gasteiger partial charge is 0.151 e. The van der Waals surface area contributed by atoms with Crippen LogP contribution in [0.4, 0.5) is 21.8 Å². The van der Waals surface area contributed by atoms with Crippen molar-refractivity contribution in [2.45, 2.75) is 6.04 Å². The van der Waals surface area contributed by atoms with Gasteiger partial charge in [-0.3, -0.25) is 0 Å². The summed E-state index contributed by atoms with van der Waals surface area (Å²) in [6.45, 7) is 1.51. The third kappa shape index (κ3) is 4.10. The Balaban J connectivity index is 1.47. The average Bonchev–Trinajstić information content (AvgIpc) is 3.26. The number of fused-ring (bicyclic) bond motifs is 1. The number of hydrogen-bond donors (Lipinski definition) is 2. The van der Waals surface area contributed by atoms with E-state index in [2.05, 4.69) is 25.4 Å². The van der Waals surface area contributed by atoms with Crippen LogP contribution in [0.2, 0.25) is 5.02 Å². The van der Waals surface area contributed by atoms with Gasteiger partial charge < -0.3 is 20.1 Å². The van der Waals surface area contributed by atoms with Crippen molar-refractivity contribution in [3.05, 3.63) is 59.4 Å². The molecule has 0 spiro atoms. The highest BCUT2D eigenvalue weighted by atomic mass is 35.5. The fraction of sp³-hybridized carbons (Fsp3) is 0.227. The van der Waals surface area contributed by atoms with Crippen LogP contribution in [0.15, 0.2) is 43.0 Å². The number of aliphatic hydroxyl groups excluding tert-OH is 1. The topological polar surface area (TPSA) is 125 Å². The van der Waals surface area contributed by atoms with Crippen molar-refractivity contribution in [3.8, 4) is 11.8 Å². The molecule has 34 heavy (non-hydrogen) atoms. The number of aromatic nitrogens is 5. The SMILES string of the molecule is N#Cc1cc(F)c(-n2ncc3cnc(Nc4cc(N5CCOCC5CO)ncn4)cc32)c(Cl)c1. The van der Waals surface area contributed by atoms with Crippen molar-refractivity contribution < 1.29 is 14.2 Å². The summed E-state index contributed by atoms with van der Waals surface area (Å²) in [5.74, 6) is 0.931. The number of benzene rings is 1. The van der Waals surface area contributed by atoms with Crippen molar-refractivity contribution >= 4 is 40.0 Å². The lowest BCUT2D eigenvalue weighted by Gasteiger charge is -2.35. The zero-order valence-electron chi connectivity index (χ0n) is 17.7. The van der Waals surface area contributed by atoms with Crippen molar-refractivity contribution in [2.24, 2.45) is 0 Å². The van der Waals surface area contributed by atoms with Gasteiger partial charge >= 0.3 is 0 Å². The van der Waals surface area contributed by atoms with E-state index in [1.165, 1.54) is 17.1 Å². The van der Waals surface area contributed by atoms with Gasteiger partial charge in [0.1, 0.15) is 29.5 Å². The number of anilines is 3. The van der Waals surface area contributed by atoms with Crippen molar-refractivity contribution in [1.29, 1.82) is 5.26 Å². The van der Waals surface area contributed by atoms with Gasteiger partial charge in [0, 0.05) is 30.3 Å². The Labute approximate surface area is 198 Å². The molecule has 0 amide bonds. The van der Waals surface area contributed by atoms with Gasteiger partial charge in [-0.25, -0.2) is 24.0 Å². The van der Waals surface area contributed by atoms with E-state index in [-0.39, 0.29) is 28.9 Å². The lowest BCUT2D eigenvalue weighted by atomic mass is 10.2. The zero-order valence-corrected chi connectivity index (χ0v) is 18.4. The molecule has 3 aromatic heterocycles. The number of hydrogen-bond acceptors (Lipinski definition) is 9. The summed E-state index contributed by atoms with van der Waals surface area (Å²) < 4.78 is 21.5. The van der Waals surface area contributed by atoms with Gasteiger partial charge in [0.2, 0.25) is 0 Å². The van der Waals surface area contributed by atoms with E-state index in [0.717, 1.165) is 6.07 Å². The second-order valence-corrected chi connectivity index (χ2v) is 7.98. The van der Waals surface area contributed by atoms with E-state index >= 15 is 0 Å². The normalized spacial score (nSPS) is 15.9. The highest BCUT2D eigenvalue weighted by molar-refractivity contribution is 6.32. The molecule has 1 aliphatic rings. The molecule has 172 valence electrons. The standard InChI is InChI=1S/C22H18ClFN8O2/c23-16-3-13(7-25)4-17(24)22(16)32-18-5-19(26-8-14(18)9-29-32)30-20-6-21(28-12-27-20)31-1-2-34-11-15(31)10-33/h3-6,8-9,12,15,33H,1-2,10-11H2,(H,26,27,28,30). The maximum absolute atomic E-state index is 14.7. The summed E-state index contributed by atoms with van der Waals surface area (Å²) in [6, 6.07) is 7.65. The second-order valence-electron chi connectivity index (χ2n) is 7.58. The Bertz CT molecular complexity index is 1380. The fourth-order valence-electron chi connectivity index (χ4n) is 3.81. The van der Waals surface area contributed by atoms with Gasteiger partial charge in [-0.1, -0.05) is 11.6 Å². The first kappa shape index (κ1) is 22.0. The largest absolute Gasteiger partial charge is 0.394 e. The highest BCUT2D eigenvalue weighted by Crippen LogP contribution is 2.29. The Morgan fingerprint density at radius 2 is 2.06 bits per heavy atom. The first-order valence-corrected chi connectivity index (χ1v) is 10.7. The average molecular weight is 481 g/mol. The van der Waals surface area contributed by atoms with Crippen LogP contribution in [-0.4, -0.2) is 62.2 Å². The summed E-state index contributed by atoms with van der Waals surface area (Å²) in [5, 5.41) is 26.8. The molecular formula is C22H18ClFN8O2. The van der Waals surface area contributed by atoms with Gasteiger partial charge in [0.15, 0.2) is 5.82 Å². The zero-order chi connectivity index (χ0) is 23.7. The minimum absolute atomic E-state index is 0.0412. The molecule has 0 radical (unpaired) electrons. The maximum atomic E-state index is 14.7. The third-order valence-corrected chi connectivity index (χ3v) is 5.74. The van der Waals surface area contributed by atoms with Crippen molar-refractivity contribution in [3.63, 3.8) is 0 Å². The number of morpholine rings is 1. The molecule has 1 atom stereocenters. The molecule has 0 bridgehead atoms. The number of halogens is 2. The van der Waals surface area contributed by atoms with Gasteiger partial charge in [-0.15, -0.1) is 0 Å². The van der Waals surface area contributed by atoms with Gasteiger partial charge in [0.05, 0.1) is 54.2 Å². The van der Waals surface area contributed by atoms with Crippen LogP contribution in [0, 0.1) is 17.1 Å². The summed E-state index contributed by atoms with van der Waals surface area (Å²) in [4.78, 5) is 14.9. The van der Waals surface area contributed by atoms with Crippen molar-refractivity contribution in [1.82, 2.24) is 24.7 Å². The quantitative estimate of drug-likeness (QED) is 0.443. The molecule has 2 N–H and O–H groups in total. The number of aliphatic hydroxyl groups is 1. The number of nitrogens with zero attached hydrogens (tertiary/aromatic N) is 7. The van der Waals surface area contributed by atoms with Crippen LogP contribution in [0.3, 0.4) is 0 Å². The summed E-state index contributed by atoms with van der Waals surface area (Å²) >= 11 is 6.26. The van der Waals surface area contributed by atoms with Crippen molar-refractivity contribution in [2.75, 3.05) is 36.6 Å². The molecule has 1 fully saturated rings. The summed E-state index contributed by atoms with van der Waals surface area (Å²) in [7, 11) is 0. The predicted octanol–water partition coefficient (Wildman–Crippen LogP) is 2.82. The number of rotatable bonds is 5. The number of nitrogens with one attached hydrogen (secondary N) is 1. The molecular weight excluding hydrogens is 463 g/mol. The first-order chi connectivity index (χ1) is 16.6. The molecule has 10 nitrogen and oxygen atoms in total. The Hall–Kier alpha value is -3.85. The van der Waals surface area contributed by atoms with E-state index < -0.39 is 5.82 Å². The molecule has 5 rings (SSSR count). The highest BCUT2D eigenvalue weighted by Gasteiger charge is 2.24. The van der Waals surface area contributed by atoms with Crippen LogP contribution < -0.4 is 10.2 Å². The van der Waals surface area contributed by atoms with E-state index in [1.54, 1.807) is 24.5 Å². The monoisotopic (exact) mass is 480 g/mol. The van der Waals surface area contributed by atoms with E-state index in [1.807, 2.05) is 11.0 Å². The number of pyridine rings is 1. The molecule has 1 saturated heterocycles. The molecule has 12 heteroatoms. The van der Waals surface area contributed by atoms with E-state index in [0.29, 0.717) is 48.1 Å². The van der Waals surface area contributed by atoms with Crippen LogP contribution in [0.25, 0.3) is 16.6 Å². The van der Waals surface area contributed by atoms with Gasteiger partial charge in [-0.05, 0) is 12.1 Å². The molecule has 1 aliphatic heterocycles. The van der Waals surface area contributed by atoms with Crippen LogP contribution >= 0.6 is 11.6 Å². The molecule has 1 unspecified atom stereocenters. The Morgan fingerprint density at radius 1 is 1.21 bits per heavy atom. The maximum Gasteiger partial charge on any atom is 0.151 e. The van der Waals surface area contributed by atoms with E-state index in [4.69, 9.17) is 21.6 Å². The second kappa shape index (κ2) is 9.18. The van der Waals surface area contributed by atoms with Gasteiger partial charge in [0.25, 0.3) is 0 Å². The summed E-state index contributed by atoms with van der Waals surface area (Å²) in [5.41, 5.74) is 0.723. The molecule has 1 aromatic carbocycles. The van der Waals surface area contributed by atoms with Crippen LogP contribution in [-0.2, 0) is 4.74 Å². The number of ether oxygens (including phenoxy) is 1. The lowest BCUT2D eigenvalue weighted by Crippen LogP contribution is -2.48. The van der Waals surface area contributed by atoms with E-state index in [9.17, 15) is 9.50 Å². The van der Waals surface area contributed by atoms with Crippen LogP contribution in [0.5, 0.6) is 0 Å². The predicted molar refractivity (Wildman–Crippen MR) is 123 cm³/mol. The molecule has 4 aromatic rings. The molecule has 0 saturated carbocycles. The minimum atomic E-state index is -0.662. The fourth-order valence-corrected chi connectivity index (χ4v) is 4.10. The van der Waals surface area contributed by atoms with Crippen LogP contribution in [0.1, 0.15) is 5.56 Å². The molecule has 0 aliphatic carbocycles. The summed E-state index contributed by atoms with van der Waals surface area (Å²) in [6.07, 6.45) is 4.58. The lowest BCUT2D eigenvalue weighted by molar-refractivity contribution is 0.0723.